The maximum atomic E-state index is 13.2. The zero-order valence-electron chi connectivity index (χ0n) is 11.8. The molecular formula is C13H24FN2OS+. The van der Waals surface area contributed by atoms with Gasteiger partial charge in [0.1, 0.15) is 25.2 Å². The van der Waals surface area contributed by atoms with Crippen LogP contribution in [0.5, 0.6) is 0 Å². The molecule has 0 spiro atoms. The lowest BCUT2D eigenvalue weighted by Crippen LogP contribution is -2.41. The monoisotopic (exact) mass is 275 g/mol. The molecule has 1 aromatic carbocycles. The van der Waals surface area contributed by atoms with Crippen molar-refractivity contribution >= 4 is 18.5 Å². The maximum absolute atomic E-state index is 13.2. The lowest BCUT2D eigenvalue weighted by molar-refractivity contribution is -0.972. The first-order valence-electron chi connectivity index (χ1n) is 6.25. The number of hydroxylamine groups is 1. The highest BCUT2D eigenvalue weighted by Crippen LogP contribution is 2.23. The average Bonchev–Trinajstić information content (AvgIpc) is 2.32. The summed E-state index contributed by atoms with van der Waals surface area (Å²) in [5.41, 5.74) is 4.89. The molecule has 5 heteroatoms. The van der Waals surface area contributed by atoms with Gasteiger partial charge in [0.05, 0.1) is 5.69 Å². The molecular weight excluding hydrogens is 251 g/mol. The molecule has 1 rings (SSSR count). The quantitative estimate of drug-likeness (QED) is 0.436. The molecule has 0 aromatic heterocycles. The number of quaternary nitrogens is 1. The van der Waals surface area contributed by atoms with Gasteiger partial charge in [-0.25, -0.2) is 4.39 Å². The van der Waals surface area contributed by atoms with Crippen LogP contribution in [0.3, 0.4) is 0 Å². The Hall–Kier alpha value is -0.780. The van der Waals surface area contributed by atoms with Crippen LogP contribution in [-0.2, 0) is 0 Å². The molecule has 0 radical (unpaired) electrons. The molecule has 0 saturated carbocycles. The van der Waals surface area contributed by atoms with Crippen molar-refractivity contribution in [2.24, 2.45) is 0 Å². The first-order valence-corrected chi connectivity index (χ1v) is 6.65. The van der Waals surface area contributed by atoms with Crippen molar-refractivity contribution < 1.29 is 13.8 Å². The number of benzene rings is 1. The normalized spacial score (nSPS) is 13.3. The highest BCUT2D eigenvalue weighted by atomic mass is 32.1. The number of nitrogens with one attached hydrogen (secondary N) is 1. The van der Waals surface area contributed by atoms with E-state index in [-0.39, 0.29) is 5.82 Å². The summed E-state index contributed by atoms with van der Waals surface area (Å²) in [7, 11) is 0. The highest BCUT2D eigenvalue weighted by molar-refractivity contribution is 7.74. The molecule has 0 fully saturated rings. The smallest absolute Gasteiger partial charge is 0.145 e. The van der Waals surface area contributed by atoms with E-state index in [2.05, 4.69) is 18.2 Å². The zero-order chi connectivity index (χ0) is 14.3. The summed E-state index contributed by atoms with van der Waals surface area (Å²) in [4.78, 5) is 0. The fourth-order valence-electron chi connectivity index (χ4n) is 1.47. The van der Waals surface area contributed by atoms with Crippen molar-refractivity contribution in [2.45, 2.75) is 41.0 Å². The SMILES string of the molecule is CC.CCC[N+](O)(S)Nc1ccc(F)c(C)c1C. The van der Waals surface area contributed by atoms with Crippen molar-refractivity contribution in [3.63, 3.8) is 0 Å². The van der Waals surface area contributed by atoms with Crippen molar-refractivity contribution in [3.8, 4) is 0 Å². The third-order valence-corrected chi connectivity index (χ3v) is 2.86. The summed E-state index contributed by atoms with van der Waals surface area (Å²) >= 11 is 4.07. The van der Waals surface area contributed by atoms with Gasteiger partial charge in [0.25, 0.3) is 0 Å². The topological polar surface area (TPSA) is 32.3 Å². The minimum Gasteiger partial charge on any atom is -0.207 e. The third kappa shape index (κ3) is 4.84. The fourth-order valence-corrected chi connectivity index (χ4v) is 1.78. The molecule has 2 N–H and O–H groups in total. The van der Waals surface area contributed by atoms with Crippen LogP contribution < -0.4 is 5.43 Å². The van der Waals surface area contributed by atoms with E-state index < -0.39 is 4.16 Å². The van der Waals surface area contributed by atoms with E-state index in [1.165, 1.54) is 6.07 Å². The van der Waals surface area contributed by atoms with Gasteiger partial charge in [0.2, 0.25) is 0 Å². The molecule has 0 aliphatic rings. The van der Waals surface area contributed by atoms with Gasteiger partial charge in [0.15, 0.2) is 0 Å². The van der Waals surface area contributed by atoms with Crippen LogP contribution in [0.15, 0.2) is 12.1 Å². The van der Waals surface area contributed by atoms with E-state index >= 15 is 0 Å². The fraction of sp³-hybridized carbons (Fsp3) is 0.538. The van der Waals surface area contributed by atoms with Gasteiger partial charge in [-0.2, -0.15) is 10.6 Å². The van der Waals surface area contributed by atoms with Crippen LogP contribution in [0.1, 0.15) is 38.3 Å². The summed E-state index contributed by atoms with van der Waals surface area (Å²) in [5.74, 6) is -0.242. The van der Waals surface area contributed by atoms with E-state index in [4.69, 9.17) is 0 Å². The van der Waals surface area contributed by atoms with E-state index in [9.17, 15) is 9.60 Å². The molecule has 1 aromatic rings. The van der Waals surface area contributed by atoms with Gasteiger partial charge in [0, 0.05) is 6.42 Å². The number of rotatable bonds is 4. The summed E-state index contributed by atoms with van der Waals surface area (Å²) in [6, 6.07) is 2.98. The minimum absolute atomic E-state index is 0.242. The van der Waals surface area contributed by atoms with Crippen LogP contribution in [0.2, 0.25) is 0 Å². The van der Waals surface area contributed by atoms with Crippen molar-refractivity contribution in [3.05, 3.63) is 29.1 Å². The van der Waals surface area contributed by atoms with Gasteiger partial charge >= 0.3 is 0 Å². The number of halogens is 1. The Morgan fingerprint density at radius 3 is 2.33 bits per heavy atom. The van der Waals surface area contributed by atoms with Crippen LogP contribution >= 0.6 is 12.8 Å². The standard InChI is InChI=1S/C11H18FN2OS.C2H6/c1-4-7-14(15,16)13-11-6-5-10(12)8(2)9(11)3;1-2/h5-6,13,15-16H,4,7H2,1-3H3;1-2H3/q+1;. The summed E-state index contributed by atoms with van der Waals surface area (Å²) in [5, 5.41) is 9.85. The Morgan fingerprint density at radius 2 is 1.83 bits per heavy atom. The molecule has 0 aliphatic heterocycles. The molecule has 0 saturated heterocycles. The number of anilines is 1. The number of hydrogen-bond acceptors (Lipinski definition) is 3. The molecule has 0 amide bonds. The largest absolute Gasteiger partial charge is 0.207 e. The lowest BCUT2D eigenvalue weighted by Gasteiger charge is -2.24. The minimum atomic E-state index is -0.595. The van der Waals surface area contributed by atoms with Gasteiger partial charge in [-0.1, -0.05) is 20.8 Å². The number of hydrogen-bond donors (Lipinski definition) is 3. The molecule has 3 nitrogen and oxygen atoms in total. The Balaban J connectivity index is 0.00000137. The van der Waals surface area contributed by atoms with Crippen LogP contribution in [0, 0.1) is 19.7 Å². The Bertz CT molecular complexity index is 383. The third-order valence-electron chi connectivity index (χ3n) is 2.56. The molecule has 0 bridgehead atoms. The second kappa shape index (κ2) is 7.61. The van der Waals surface area contributed by atoms with E-state index in [0.717, 1.165) is 12.0 Å². The Kier molecular flexibility index (Phi) is 7.28. The van der Waals surface area contributed by atoms with Gasteiger partial charge < -0.3 is 0 Å². The number of nitrogens with zero attached hydrogens (tertiary/aromatic N) is 1. The van der Waals surface area contributed by atoms with Crippen molar-refractivity contribution in [1.29, 1.82) is 0 Å². The first-order chi connectivity index (χ1) is 8.37. The van der Waals surface area contributed by atoms with Crippen LogP contribution in [0.4, 0.5) is 10.1 Å². The predicted octanol–water partition coefficient (Wildman–Crippen LogP) is 4.26. The molecule has 1 atom stereocenters. The predicted molar refractivity (Wildman–Crippen MR) is 77.0 cm³/mol. The molecule has 1 unspecified atom stereocenters. The average molecular weight is 275 g/mol. The molecule has 0 heterocycles. The van der Waals surface area contributed by atoms with Gasteiger partial charge in [-0.05, 0) is 41.3 Å². The Morgan fingerprint density at radius 1 is 1.28 bits per heavy atom. The lowest BCUT2D eigenvalue weighted by atomic mass is 10.1. The van der Waals surface area contributed by atoms with E-state index in [1.807, 2.05) is 20.8 Å². The van der Waals surface area contributed by atoms with Gasteiger partial charge in [-0.15, -0.1) is 0 Å². The highest BCUT2D eigenvalue weighted by Gasteiger charge is 2.21. The molecule has 104 valence electrons. The second-order valence-electron chi connectivity index (χ2n) is 3.91. The van der Waals surface area contributed by atoms with E-state index in [1.54, 1.807) is 19.9 Å². The van der Waals surface area contributed by atoms with Crippen LogP contribution in [0.25, 0.3) is 0 Å². The molecule has 0 aliphatic carbocycles. The van der Waals surface area contributed by atoms with Gasteiger partial charge in [-0.3, -0.25) is 0 Å². The summed E-state index contributed by atoms with van der Waals surface area (Å²) < 4.78 is 12.6. The zero-order valence-corrected chi connectivity index (χ0v) is 12.7. The van der Waals surface area contributed by atoms with E-state index in [0.29, 0.717) is 17.8 Å². The summed E-state index contributed by atoms with van der Waals surface area (Å²) in [6.07, 6.45) is 0.784. The molecule has 18 heavy (non-hydrogen) atoms. The second-order valence-corrected chi connectivity index (χ2v) is 4.57. The Labute approximate surface area is 115 Å². The number of thiol groups is 1. The first kappa shape index (κ1) is 17.2. The maximum Gasteiger partial charge on any atom is 0.145 e. The summed E-state index contributed by atoms with van der Waals surface area (Å²) in [6.45, 7) is 9.92. The van der Waals surface area contributed by atoms with Crippen LogP contribution in [-0.4, -0.2) is 15.9 Å². The van der Waals surface area contributed by atoms with Crippen molar-refractivity contribution in [2.75, 3.05) is 12.0 Å². The van der Waals surface area contributed by atoms with Crippen molar-refractivity contribution in [1.82, 2.24) is 0 Å².